The summed E-state index contributed by atoms with van der Waals surface area (Å²) in [6.07, 6.45) is 0. The molecule has 0 radical (unpaired) electrons. The van der Waals surface area contributed by atoms with Crippen LogP contribution in [0.1, 0.15) is 41.3 Å². The van der Waals surface area contributed by atoms with Crippen LogP contribution in [0.2, 0.25) is 0 Å². The van der Waals surface area contributed by atoms with Crippen molar-refractivity contribution >= 4 is 34.2 Å². The lowest BCUT2D eigenvalue weighted by Gasteiger charge is -2.16. The summed E-state index contributed by atoms with van der Waals surface area (Å²) in [4.78, 5) is 12.4. The summed E-state index contributed by atoms with van der Waals surface area (Å²) in [6.45, 7) is 6.29. The highest BCUT2D eigenvalue weighted by Gasteiger charge is 2.13. The van der Waals surface area contributed by atoms with Crippen LogP contribution in [-0.4, -0.2) is 5.91 Å². The molecule has 0 aromatic heterocycles. The predicted octanol–water partition coefficient (Wildman–Crippen LogP) is 4.98. The number of hydrogen-bond acceptors (Lipinski definition) is 1. The zero-order valence-corrected chi connectivity index (χ0v) is 14.1. The number of halogens is 1. The van der Waals surface area contributed by atoms with Crippen LogP contribution in [0, 0.1) is 10.5 Å². The van der Waals surface area contributed by atoms with Gasteiger partial charge in [0.2, 0.25) is 0 Å². The van der Waals surface area contributed by atoms with Crippen LogP contribution < -0.4 is 5.32 Å². The van der Waals surface area contributed by atoms with Crippen molar-refractivity contribution < 1.29 is 4.79 Å². The van der Waals surface area contributed by atoms with Crippen LogP contribution in [0.5, 0.6) is 0 Å². The van der Waals surface area contributed by atoms with Crippen molar-refractivity contribution in [3.05, 3.63) is 62.7 Å². The van der Waals surface area contributed by atoms with Crippen LogP contribution in [0.4, 0.5) is 5.69 Å². The Morgan fingerprint density at radius 1 is 1.15 bits per heavy atom. The largest absolute Gasteiger partial charge is 0.321 e. The molecule has 0 aliphatic heterocycles. The molecule has 0 fully saturated rings. The van der Waals surface area contributed by atoms with E-state index in [1.807, 2.05) is 43.3 Å². The van der Waals surface area contributed by atoms with E-state index in [0.717, 1.165) is 14.8 Å². The standard InChI is InChI=1S/C17H18INO/c1-11(2)15-9-4-6-12(3)16(15)19-17(20)13-7-5-8-14(18)10-13/h4-11H,1-3H3,(H,19,20). The number of para-hydroxylation sites is 1. The molecule has 2 nitrogen and oxygen atoms in total. The Hall–Kier alpha value is -1.36. The third-order valence-corrected chi connectivity index (χ3v) is 3.92. The fourth-order valence-corrected chi connectivity index (χ4v) is 2.70. The van der Waals surface area contributed by atoms with Gasteiger partial charge in [-0.25, -0.2) is 0 Å². The van der Waals surface area contributed by atoms with E-state index >= 15 is 0 Å². The van der Waals surface area contributed by atoms with Gasteiger partial charge in [-0.1, -0.05) is 38.1 Å². The number of anilines is 1. The number of rotatable bonds is 3. The summed E-state index contributed by atoms with van der Waals surface area (Å²) in [5.74, 6) is 0.320. The second-order valence-electron chi connectivity index (χ2n) is 5.16. The summed E-state index contributed by atoms with van der Waals surface area (Å²) < 4.78 is 1.06. The molecular formula is C17H18INO. The van der Waals surface area contributed by atoms with Crippen LogP contribution in [0.3, 0.4) is 0 Å². The van der Waals surface area contributed by atoms with E-state index in [0.29, 0.717) is 11.5 Å². The molecule has 104 valence electrons. The van der Waals surface area contributed by atoms with E-state index < -0.39 is 0 Å². The van der Waals surface area contributed by atoms with Crippen LogP contribution in [0.15, 0.2) is 42.5 Å². The van der Waals surface area contributed by atoms with Crippen LogP contribution in [-0.2, 0) is 0 Å². The number of amides is 1. The van der Waals surface area contributed by atoms with Gasteiger partial charge in [0, 0.05) is 14.8 Å². The van der Waals surface area contributed by atoms with Crippen LogP contribution >= 0.6 is 22.6 Å². The lowest BCUT2D eigenvalue weighted by Crippen LogP contribution is -2.14. The third-order valence-electron chi connectivity index (χ3n) is 3.25. The zero-order chi connectivity index (χ0) is 14.7. The Kier molecular flexibility index (Phi) is 4.81. The summed E-state index contributed by atoms with van der Waals surface area (Å²) in [6, 6.07) is 13.7. The first kappa shape index (κ1) is 15.0. The molecule has 0 saturated carbocycles. The second kappa shape index (κ2) is 6.39. The molecule has 3 heteroatoms. The maximum atomic E-state index is 12.4. The number of nitrogens with one attached hydrogen (secondary N) is 1. The average molecular weight is 379 g/mol. The Morgan fingerprint density at radius 3 is 2.50 bits per heavy atom. The van der Waals surface area contributed by atoms with E-state index in [2.05, 4.69) is 47.8 Å². The quantitative estimate of drug-likeness (QED) is 0.750. The summed E-state index contributed by atoms with van der Waals surface area (Å²) >= 11 is 2.21. The third kappa shape index (κ3) is 3.39. The lowest BCUT2D eigenvalue weighted by molar-refractivity contribution is 0.102. The molecule has 2 rings (SSSR count). The average Bonchev–Trinajstić information content (AvgIpc) is 2.40. The predicted molar refractivity (Wildman–Crippen MR) is 92.4 cm³/mol. The van der Waals surface area contributed by atoms with Gasteiger partial charge >= 0.3 is 0 Å². The normalized spacial score (nSPS) is 10.7. The molecule has 1 N–H and O–H groups in total. The SMILES string of the molecule is Cc1cccc(C(C)C)c1NC(=O)c1cccc(I)c1. The summed E-state index contributed by atoms with van der Waals surface area (Å²) in [5, 5.41) is 3.06. The molecule has 1 amide bonds. The molecule has 0 spiro atoms. The van der Waals surface area contributed by atoms with Crippen molar-refractivity contribution in [1.29, 1.82) is 0 Å². The van der Waals surface area contributed by atoms with Gasteiger partial charge in [-0.15, -0.1) is 0 Å². The van der Waals surface area contributed by atoms with Crippen molar-refractivity contribution in [3.63, 3.8) is 0 Å². The molecule has 20 heavy (non-hydrogen) atoms. The summed E-state index contributed by atoms with van der Waals surface area (Å²) in [7, 11) is 0. The van der Waals surface area contributed by atoms with Crippen molar-refractivity contribution in [2.75, 3.05) is 5.32 Å². The van der Waals surface area contributed by atoms with Gasteiger partial charge in [0.05, 0.1) is 0 Å². The minimum absolute atomic E-state index is 0.0558. The first-order valence-electron chi connectivity index (χ1n) is 6.65. The number of benzene rings is 2. The fourth-order valence-electron chi connectivity index (χ4n) is 2.16. The topological polar surface area (TPSA) is 29.1 Å². The van der Waals surface area contributed by atoms with Gasteiger partial charge in [-0.2, -0.15) is 0 Å². The van der Waals surface area contributed by atoms with E-state index in [1.165, 1.54) is 5.56 Å². The minimum Gasteiger partial charge on any atom is -0.321 e. The number of carbonyl (C=O) groups is 1. The highest BCUT2D eigenvalue weighted by atomic mass is 127. The van der Waals surface area contributed by atoms with Gasteiger partial charge in [-0.05, 0) is 64.8 Å². The van der Waals surface area contributed by atoms with Gasteiger partial charge in [-0.3, -0.25) is 4.79 Å². The second-order valence-corrected chi connectivity index (χ2v) is 6.40. The first-order chi connectivity index (χ1) is 9.49. The molecule has 0 saturated heterocycles. The molecule has 0 bridgehead atoms. The van der Waals surface area contributed by atoms with Crippen molar-refractivity contribution in [1.82, 2.24) is 0 Å². The molecule has 2 aromatic carbocycles. The molecule has 2 aromatic rings. The van der Waals surface area contributed by atoms with E-state index in [4.69, 9.17) is 0 Å². The molecule has 0 aliphatic carbocycles. The van der Waals surface area contributed by atoms with Crippen LogP contribution in [0.25, 0.3) is 0 Å². The first-order valence-corrected chi connectivity index (χ1v) is 7.73. The minimum atomic E-state index is -0.0558. The molecule has 0 aliphatic rings. The van der Waals surface area contributed by atoms with Crippen molar-refractivity contribution in [2.45, 2.75) is 26.7 Å². The summed E-state index contributed by atoms with van der Waals surface area (Å²) in [5.41, 5.74) is 3.89. The van der Waals surface area contributed by atoms with Crippen molar-refractivity contribution in [2.24, 2.45) is 0 Å². The maximum absolute atomic E-state index is 12.4. The fraction of sp³-hybridized carbons (Fsp3) is 0.235. The highest BCUT2D eigenvalue weighted by molar-refractivity contribution is 14.1. The Balaban J connectivity index is 2.33. The molecule has 0 atom stereocenters. The van der Waals surface area contributed by atoms with Crippen molar-refractivity contribution in [3.8, 4) is 0 Å². The number of hydrogen-bond donors (Lipinski definition) is 1. The van der Waals surface area contributed by atoms with E-state index in [1.54, 1.807) is 0 Å². The van der Waals surface area contributed by atoms with E-state index in [9.17, 15) is 4.79 Å². The molecular weight excluding hydrogens is 361 g/mol. The number of carbonyl (C=O) groups excluding carboxylic acids is 1. The van der Waals surface area contributed by atoms with Gasteiger partial charge in [0.1, 0.15) is 0 Å². The monoisotopic (exact) mass is 379 g/mol. The zero-order valence-electron chi connectivity index (χ0n) is 11.9. The van der Waals surface area contributed by atoms with Gasteiger partial charge < -0.3 is 5.32 Å². The maximum Gasteiger partial charge on any atom is 0.255 e. The Morgan fingerprint density at radius 2 is 1.85 bits per heavy atom. The Bertz CT molecular complexity index is 635. The smallest absolute Gasteiger partial charge is 0.255 e. The molecule has 0 heterocycles. The van der Waals surface area contributed by atoms with Gasteiger partial charge in [0.15, 0.2) is 0 Å². The highest BCUT2D eigenvalue weighted by Crippen LogP contribution is 2.27. The Labute approximate surface area is 133 Å². The van der Waals surface area contributed by atoms with Gasteiger partial charge in [0.25, 0.3) is 5.91 Å². The van der Waals surface area contributed by atoms with E-state index in [-0.39, 0.29) is 5.91 Å². The number of aryl methyl sites for hydroxylation is 1. The lowest BCUT2D eigenvalue weighted by atomic mass is 9.98. The molecule has 0 unspecified atom stereocenters.